The van der Waals surface area contributed by atoms with Crippen molar-refractivity contribution >= 4 is 22.5 Å². The summed E-state index contributed by atoms with van der Waals surface area (Å²) in [4.78, 5) is 20.8. The zero-order chi connectivity index (χ0) is 21.3. The van der Waals surface area contributed by atoms with Gasteiger partial charge in [-0.15, -0.1) is 0 Å². The molecule has 0 saturated carbocycles. The number of nitrogens with one attached hydrogen (secondary N) is 1. The molecule has 0 atom stereocenters. The molecule has 1 amide bonds. The first-order valence-electron chi connectivity index (χ1n) is 9.40. The number of aliphatic hydroxyl groups is 1. The molecule has 4 rings (SSSR count). The Morgan fingerprint density at radius 2 is 2.23 bits per heavy atom. The Bertz CT molecular complexity index is 1210. The van der Waals surface area contributed by atoms with Crippen molar-refractivity contribution in [1.82, 2.24) is 14.9 Å². The van der Waals surface area contributed by atoms with Crippen LogP contribution in [0.1, 0.15) is 17.7 Å². The number of aliphatic hydroxyl groups excluding tert-OH is 1. The highest BCUT2D eigenvalue weighted by molar-refractivity contribution is 6.01. The maximum Gasteiger partial charge on any atom is 0.248 e. The Hall–Kier alpha value is -3.70. The van der Waals surface area contributed by atoms with Gasteiger partial charge < -0.3 is 19.7 Å². The summed E-state index contributed by atoms with van der Waals surface area (Å²) in [6.45, 7) is 0.276. The fourth-order valence-corrected chi connectivity index (χ4v) is 3.81. The summed E-state index contributed by atoms with van der Waals surface area (Å²) in [6, 6.07) is 8.23. The Kier molecular flexibility index (Phi) is 5.21. The number of hydrogen-bond acceptors (Lipinski definition) is 5. The van der Waals surface area contributed by atoms with Gasteiger partial charge >= 0.3 is 0 Å². The lowest BCUT2D eigenvalue weighted by atomic mass is 9.96. The van der Waals surface area contributed by atoms with Crippen LogP contribution in [0.5, 0.6) is 5.75 Å². The Balaban J connectivity index is 1.86. The minimum atomic E-state index is -0.526. The SMILES string of the molecule is COc1ccc(F)cc1-c1ccnc2[nH]c(C3=CCN(C(=O)CO)CC3)c(C#N)c12. The lowest BCUT2D eigenvalue weighted by Gasteiger charge is -2.25. The van der Waals surface area contributed by atoms with Crippen LogP contribution >= 0.6 is 0 Å². The summed E-state index contributed by atoms with van der Waals surface area (Å²) in [6.07, 6.45) is 4.00. The monoisotopic (exact) mass is 406 g/mol. The molecule has 0 fully saturated rings. The summed E-state index contributed by atoms with van der Waals surface area (Å²) < 4.78 is 19.4. The van der Waals surface area contributed by atoms with E-state index in [-0.39, 0.29) is 5.91 Å². The summed E-state index contributed by atoms with van der Waals surface area (Å²) in [5.74, 6) is -0.246. The van der Waals surface area contributed by atoms with Gasteiger partial charge in [0, 0.05) is 30.2 Å². The van der Waals surface area contributed by atoms with Crippen molar-refractivity contribution in [2.24, 2.45) is 0 Å². The van der Waals surface area contributed by atoms with Gasteiger partial charge in [0.25, 0.3) is 0 Å². The van der Waals surface area contributed by atoms with Crippen LogP contribution in [0, 0.1) is 17.1 Å². The number of ether oxygens (including phenoxy) is 1. The molecule has 1 aliphatic heterocycles. The first-order valence-corrected chi connectivity index (χ1v) is 9.40. The summed E-state index contributed by atoms with van der Waals surface area (Å²) in [7, 11) is 1.51. The van der Waals surface area contributed by atoms with Gasteiger partial charge in [0.2, 0.25) is 5.91 Å². The van der Waals surface area contributed by atoms with Crippen LogP contribution in [-0.2, 0) is 4.79 Å². The number of benzene rings is 1. The number of halogens is 1. The average molecular weight is 406 g/mol. The average Bonchev–Trinajstić information content (AvgIpc) is 3.17. The van der Waals surface area contributed by atoms with Crippen LogP contribution in [0.3, 0.4) is 0 Å². The molecule has 0 spiro atoms. The molecule has 2 N–H and O–H groups in total. The number of aromatic nitrogens is 2. The lowest BCUT2D eigenvalue weighted by Crippen LogP contribution is -2.36. The second-order valence-electron chi connectivity index (χ2n) is 6.89. The van der Waals surface area contributed by atoms with Crippen LogP contribution in [0.25, 0.3) is 27.7 Å². The topological polar surface area (TPSA) is 102 Å². The number of fused-ring (bicyclic) bond motifs is 1. The molecule has 0 unspecified atom stereocenters. The number of rotatable bonds is 4. The first-order chi connectivity index (χ1) is 14.6. The van der Waals surface area contributed by atoms with E-state index >= 15 is 0 Å². The van der Waals surface area contributed by atoms with E-state index in [2.05, 4.69) is 16.0 Å². The van der Waals surface area contributed by atoms with Gasteiger partial charge in [0.05, 0.1) is 18.4 Å². The molecular weight excluding hydrogens is 387 g/mol. The number of carbonyl (C=O) groups is 1. The molecular formula is C22H19FN4O3. The third-order valence-corrected chi connectivity index (χ3v) is 5.28. The smallest absolute Gasteiger partial charge is 0.248 e. The van der Waals surface area contributed by atoms with Gasteiger partial charge in [0.15, 0.2) is 0 Å². The molecule has 0 saturated heterocycles. The van der Waals surface area contributed by atoms with Gasteiger partial charge in [-0.25, -0.2) is 9.37 Å². The van der Waals surface area contributed by atoms with Crippen molar-refractivity contribution in [3.05, 3.63) is 53.6 Å². The summed E-state index contributed by atoms with van der Waals surface area (Å²) in [5, 5.41) is 19.6. The third-order valence-electron chi connectivity index (χ3n) is 5.28. The number of nitriles is 1. The van der Waals surface area contributed by atoms with Crippen LogP contribution in [0.2, 0.25) is 0 Å². The largest absolute Gasteiger partial charge is 0.496 e. The minimum Gasteiger partial charge on any atom is -0.496 e. The van der Waals surface area contributed by atoms with Crippen molar-refractivity contribution in [3.63, 3.8) is 0 Å². The molecule has 0 bridgehead atoms. The van der Waals surface area contributed by atoms with E-state index < -0.39 is 12.4 Å². The van der Waals surface area contributed by atoms with E-state index in [1.807, 2.05) is 6.08 Å². The van der Waals surface area contributed by atoms with E-state index in [9.17, 15) is 14.4 Å². The van der Waals surface area contributed by atoms with Crippen LogP contribution in [0.4, 0.5) is 4.39 Å². The Labute approximate surface area is 172 Å². The predicted molar refractivity (Wildman–Crippen MR) is 109 cm³/mol. The maximum absolute atomic E-state index is 14.0. The van der Waals surface area contributed by atoms with Crippen molar-refractivity contribution in [2.75, 3.05) is 26.8 Å². The minimum absolute atomic E-state index is 0.329. The zero-order valence-electron chi connectivity index (χ0n) is 16.3. The van der Waals surface area contributed by atoms with Crippen molar-refractivity contribution in [2.45, 2.75) is 6.42 Å². The Morgan fingerprint density at radius 1 is 1.40 bits per heavy atom. The number of aromatic amines is 1. The standard InChI is InChI=1S/C22H19FN4O3/c1-30-18-3-2-14(23)10-16(18)15-4-7-25-22-20(15)17(11-24)21(26-22)13-5-8-27(9-6-13)19(29)12-28/h2-5,7,10,28H,6,8-9,12H2,1H3,(H,25,26). The van der Waals surface area contributed by atoms with Crippen molar-refractivity contribution in [1.29, 1.82) is 5.26 Å². The van der Waals surface area contributed by atoms with Crippen LogP contribution < -0.4 is 4.74 Å². The second-order valence-corrected chi connectivity index (χ2v) is 6.89. The normalized spacial score (nSPS) is 13.8. The molecule has 7 nitrogen and oxygen atoms in total. The lowest BCUT2D eigenvalue weighted by molar-refractivity contribution is -0.133. The fraction of sp³-hybridized carbons (Fsp3) is 0.227. The van der Waals surface area contributed by atoms with Crippen LogP contribution in [0.15, 0.2) is 36.5 Å². The van der Waals surface area contributed by atoms with Gasteiger partial charge in [0.1, 0.15) is 29.9 Å². The van der Waals surface area contributed by atoms with Gasteiger partial charge in [-0.1, -0.05) is 6.08 Å². The highest BCUT2D eigenvalue weighted by atomic mass is 19.1. The van der Waals surface area contributed by atoms with E-state index in [4.69, 9.17) is 9.84 Å². The number of pyridine rings is 1. The Morgan fingerprint density at radius 3 is 2.90 bits per heavy atom. The van der Waals surface area contributed by atoms with Crippen molar-refractivity contribution in [3.8, 4) is 22.9 Å². The number of methoxy groups -OCH3 is 1. The molecule has 3 heterocycles. The molecule has 30 heavy (non-hydrogen) atoms. The number of amides is 1. The van der Waals surface area contributed by atoms with E-state index in [1.54, 1.807) is 23.2 Å². The number of H-pyrrole nitrogens is 1. The predicted octanol–water partition coefficient (Wildman–Crippen LogP) is 2.86. The van der Waals surface area contributed by atoms with E-state index in [1.165, 1.54) is 19.2 Å². The number of nitrogens with zero attached hydrogens (tertiary/aromatic N) is 3. The number of carbonyl (C=O) groups excluding carboxylic acids is 1. The first kappa shape index (κ1) is 19.6. The van der Waals surface area contributed by atoms with Gasteiger partial charge in [-0.2, -0.15) is 5.26 Å². The molecule has 1 aliphatic rings. The highest BCUT2D eigenvalue weighted by Crippen LogP contribution is 2.39. The fourth-order valence-electron chi connectivity index (χ4n) is 3.81. The maximum atomic E-state index is 14.0. The molecule has 3 aromatic rings. The number of hydrogen-bond donors (Lipinski definition) is 2. The van der Waals surface area contributed by atoms with Crippen LogP contribution in [-0.4, -0.2) is 52.7 Å². The third kappa shape index (κ3) is 3.29. The second kappa shape index (κ2) is 7.97. The van der Waals surface area contributed by atoms with Gasteiger partial charge in [-0.3, -0.25) is 4.79 Å². The quantitative estimate of drug-likeness (QED) is 0.694. The molecule has 8 heteroatoms. The summed E-state index contributed by atoms with van der Waals surface area (Å²) in [5.41, 5.74) is 3.63. The zero-order valence-corrected chi connectivity index (χ0v) is 16.3. The highest BCUT2D eigenvalue weighted by Gasteiger charge is 2.23. The molecule has 1 aromatic carbocycles. The summed E-state index contributed by atoms with van der Waals surface area (Å²) >= 11 is 0. The molecule has 0 radical (unpaired) electrons. The molecule has 2 aromatic heterocycles. The van der Waals surface area contributed by atoms with Crippen molar-refractivity contribution < 1.29 is 19.0 Å². The van der Waals surface area contributed by atoms with E-state index in [0.717, 1.165) is 5.57 Å². The van der Waals surface area contributed by atoms with E-state index in [0.29, 0.717) is 58.7 Å². The van der Waals surface area contributed by atoms with Gasteiger partial charge in [-0.05, 0) is 41.8 Å². The molecule has 152 valence electrons. The molecule has 0 aliphatic carbocycles.